The smallest absolute Gasteiger partial charge is 0.340 e. The SMILES string of the molecule is C=CCC1(C(=O)OCc2ccccc2)C(=CC(=O)O)O[C@@H]2CC(=O)N21. The van der Waals surface area contributed by atoms with Gasteiger partial charge in [-0.25, -0.2) is 9.59 Å². The van der Waals surface area contributed by atoms with Crippen LogP contribution in [0.4, 0.5) is 0 Å². The number of hydrogen-bond acceptors (Lipinski definition) is 5. The summed E-state index contributed by atoms with van der Waals surface area (Å²) in [5.41, 5.74) is -0.840. The van der Waals surface area contributed by atoms with Gasteiger partial charge in [-0.05, 0) is 5.56 Å². The highest BCUT2D eigenvalue weighted by Gasteiger charge is 2.64. The van der Waals surface area contributed by atoms with Crippen LogP contribution in [-0.2, 0) is 30.5 Å². The predicted molar refractivity (Wildman–Crippen MR) is 85.8 cm³/mol. The summed E-state index contributed by atoms with van der Waals surface area (Å²) in [5, 5.41) is 9.09. The fourth-order valence-electron chi connectivity index (χ4n) is 3.10. The topological polar surface area (TPSA) is 93.1 Å². The number of ether oxygens (including phenoxy) is 2. The molecule has 130 valence electrons. The number of β-lactam (4-membered cyclic amide) rings is 1. The van der Waals surface area contributed by atoms with E-state index in [2.05, 4.69) is 6.58 Å². The zero-order valence-electron chi connectivity index (χ0n) is 13.4. The molecule has 1 aromatic carbocycles. The van der Waals surface area contributed by atoms with Crippen molar-refractivity contribution < 1.29 is 29.0 Å². The van der Waals surface area contributed by atoms with Gasteiger partial charge in [0.2, 0.25) is 11.4 Å². The molecule has 2 aliphatic heterocycles. The summed E-state index contributed by atoms with van der Waals surface area (Å²) in [7, 11) is 0. The minimum absolute atomic E-state index is 0.00196. The highest BCUT2D eigenvalue weighted by atomic mass is 16.6. The fourth-order valence-corrected chi connectivity index (χ4v) is 3.10. The number of rotatable bonds is 6. The highest BCUT2D eigenvalue weighted by Crippen LogP contribution is 2.47. The Labute approximate surface area is 144 Å². The van der Waals surface area contributed by atoms with Crippen molar-refractivity contribution in [3.63, 3.8) is 0 Å². The van der Waals surface area contributed by atoms with E-state index in [1.54, 1.807) is 12.1 Å². The molecule has 2 saturated heterocycles. The quantitative estimate of drug-likeness (QED) is 0.365. The van der Waals surface area contributed by atoms with E-state index in [9.17, 15) is 14.4 Å². The van der Waals surface area contributed by atoms with Crippen LogP contribution in [0.2, 0.25) is 0 Å². The van der Waals surface area contributed by atoms with Gasteiger partial charge >= 0.3 is 11.9 Å². The molecule has 25 heavy (non-hydrogen) atoms. The average Bonchev–Trinajstić information content (AvgIpc) is 2.82. The molecule has 1 amide bonds. The van der Waals surface area contributed by atoms with Crippen LogP contribution in [0, 0.1) is 0 Å². The van der Waals surface area contributed by atoms with Gasteiger partial charge in [-0.1, -0.05) is 36.4 Å². The number of fused-ring (bicyclic) bond motifs is 1. The summed E-state index contributed by atoms with van der Waals surface area (Å²) < 4.78 is 10.9. The van der Waals surface area contributed by atoms with Gasteiger partial charge in [0, 0.05) is 6.42 Å². The number of carbonyl (C=O) groups is 3. The number of nitrogens with zero attached hydrogens (tertiary/aromatic N) is 1. The zero-order chi connectivity index (χ0) is 18.0. The summed E-state index contributed by atoms with van der Waals surface area (Å²) in [6, 6.07) is 9.05. The Bertz CT molecular complexity index is 756. The highest BCUT2D eigenvalue weighted by molar-refractivity contribution is 5.97. The molecule has 0 bridgehead atoms. The number of aliphatic carboxylic acids is 1. The van der Waals surface area contributed by atoms with Crippen LogP contribution < -0.4 is 0 Å². The largest absolute Gasteiger partial charge is 0.478 e. The Morgan fingerprint density at radius 2 is 2.12 bits per heavy atom. The monoisotopic (exact) mass is 343 g/mol. The number of benzene rings is 1. The molecule has 2 fully saturated rings. The van der Waals surface area contributed by atoms with Crippen molar-refractivity contribution in [1.29, 1.82) is 0 Å². The maximum atomic E-state index is 12.9. The van der Waals surface area contributed by atoms with E-state index in [0.29, 0.717) is 0 Å². The van der Waals surface area contributed by atoms with E-state index < -0.39 is 23.7 Å². The van der Waals surface area contributed by atoms with Gasteiger partial charge in [-0.2, -0.15) is 0 Å². The summed E-state index contributed by atoms with van der Waals surface area (Å²) in [6.07, 6.45) is 1.70. The second-order valence-electron chi connectivity index (χ2n) is 5.80. The van der Waals surface area contributed by atoms with E-state index >= 15 is 0 Å². The molecule has 1 aromatic rings. The summed E-state index contributed by atoms with van der Waals surface area (Å²) >= 11 is 0. The second kappa shape index (κ2) is 6.43. The third kappa shape index (κ3) is 2.77. The van der Waals surface area contributed by atoms with Gasteiger partial charge in [0.15, 0.2) is 6.23 Å². The standard InChI is InChI=1S/C18H17NO6/c1-2-8-18(17(23)24-11-12-6-4-3-5-7-12)13(9-16(21)22)25-15-10-14(20)19(15)18/h2-7,9,15H,1,8,10-11H2,(H,21,22)/t15-,18?/m1/s1. The van der Waals surface area contributed by atoms with Crippen molar-refractivity contribution in [3.8, 4) is 0 Å². The van der Waals surface area contributed by atoms with Crippen molar-refractivity contribution in [2.45, 2.75) is 31.2 Å². The molecular formula is C18H17NO6. The molecule has 0 saturated carbocycles. The molecule has 0 spiro atoms. The number of carbonyl (C=O) groups excluding carboxylic acids is 2. The Hall–Kier alpha value is -3.09. The van der Waals surface area contributed by atoms with E-state index in [1.807, 2.05) is 18.2 Å². The lowest BCUT2D eigenvalue weighted by molar-refractivity contribution is -0.174. The Balaban J connectivity index is 1.92. The lowest BCUT2D eigenvalue weighted by Gasteiger charge is -2.40. The van der Waals surface area contributed by atoms with Crippen molar-refractivity contribution in [2.75, 3.05) is 0 Å². The lowest BCUT2D eigenvalue weighted by Crippen LogP contribution is -2.63. The summed E-state index contributed by atoms with van der Waals surface area (Å²) in [6.45, 7) is 3.62. The van der Waals surface area contributed by atoms with Gasteiger partial charge in [-0.3, -0.25) is 9.69 Å². The van der Waals surface area contributed by atoms with Crippen LogP contribution in [0.15, 0.2) is 54.8 Å². The lowest BCUT2D eigenvalue weighted by atomic mass is 9.88. The first kappa shape index (κ1) is 16.8. The molecule has 2 aliphatic rings. The van der Waals surface area contributed by atoms with Crippen LogP contribution in [0.3, 0.4) is 0 Å². The van der Waals surface area contributed by atoms with Gasteiger partial charge in [0.05, 0.1) is 12.5 Å². The number of hydrogen-bond donors (Lipinski definition) is 1. The maximum Gasteiger partial charge on any atom is 0.340 e. The first-order valence-electron chi connectivity index (χ1n) is 7.75. The zero-order valence-corrected chi connectivity index (χ0v) is 13.4. The minimum Gasteiger partial charge on any atom is -0.478 e. The van der Waals surface area contributed by atoms with Crippen molar-refractivity contribution in [3.05, 3.63) is 60.4 Å². The van der Waals surface area contributed by atoms with E-state index in [-0.39, 0.29) is 31.1 Å². The third-order valence-electron chi connectivity index (χ3n) is 4.23. The summed E-state index contributed by atoms with van der Waals surface area (Å²) in [5.74, 6) is -2.40. The number of esters is 1. The minimum atomic E-state index is -1.62. The van der Waals surface area contributed by atoms with E-state index in [1.165, 1.54) is 11.0 Å². The number of amides is 1. The van der Waals surface area contributed by atoms with Crippen molar-refractivity contribution in [1.82, 2.24) is 4.90 Å². The average molecular weight is 343 g/mol. The Kier molecular flexibility index (Phi) is 4.31. The molecule has 7 nitrogen and oxygen atoms in total. The van der Waals surface area contributed by atoms with Gasteiger partial charge in [-0.15, -0.1) is 6.58 Å². The van der Waals surface area contributed by atoms with Crippen LogP contribution in [0.25, 0.3) is 0 Å². The van der Waals surface area contributed by atoms with Crippen molar-refractivity contribution >= 4 is 17.8 Å². The van der Waals surface area contributed by atoms with Crippen LogP contribution in [0.5, 0.6) is 0 Å². The van der Waals surface area contributed by atoms with Crippen LogP contribution >= 0.6 is 0 Å². The van der Waals surface area contributed by atoms with Crippen LogP contribution in [0.1, 0.15) is 18.4 Å². The fraction of sp³-hybridized carbons (Fsp3) is 0.278. The molecule has 2 heterocycles. The molecule has 0 radical (unpaired) electrons. The molecule has 1 N–H and O–H groups in total. The molecule has 0 aromatic heterocycles. The van der Waals surface area contributed by atoms with Gasteiger partial charge in [0.1, 0.15) is 12.4 Å². The second-order valence-corrected chi connectivity index (χ2v) is 5.80. The Morgan fingerprint density at radius 3 is 2.72 bits per heavy atom. The third-order valence-corrected chi connectivity index (χ3v) is 4.23. The van der Waals surface area contributed by atoms with Gasteiger partial charge in [0.25, 0.3) is 0 Å². The number of carboxylic acid groups (broad SMARTS) is 1. The molecule has 0 aliphatic carbocycles. The first-order valence-corrected chi connectivity index (χ1v) is 7.75. The molecule has 1 unspecified atom stereocenters. The maximum absolute atomic E-state index is 12.9. The predicted octanol–water partition coefficient (Wildman–Crippen LogP) is 1.60. The summed E-state index contributed by atoms with van der Waals surface area (Å²) in [4.78, 5) is 37.3. The first-order chi connectivity index (χ1) is 12.0. The molecular weight excluding hydrogens is 326 g/mol. The normalized spacial score (nSPS) is 25.8. The molecule has 3 rings (SSSR count). The van der Waals surface area contributed by atoms with Crippen molar-refractivity contribution in [2.24, 2.45) is 0 Å². The van der Waals surface area contributed by atoms with Gasteiger partial charge < -0.3 is 14.6 Å². The molecule has 2 atom stereocenters. The van der Waals surface area contributed by atoms with Crippen LogP contribution in [-0.4, -0.2) is 39.6 Å². The number of carboxylic acids is 1. The molecule has 7 heteroatoms. The van der Waals surface area contributed by atoms with E-state index in [0.717, 1.165) is 11.6 Å². The van der Waals surface area contributed by atoms with E-state index in [4.69, 9.17) is 14.6 Å². The Morgan fingerprint density at radius 1 is 1.40 bits per heavy atom.